The minimum absolute atomic E-state index is 0.885. The van der Waals surface area contributed by atoms with Gasteiger partial charge in [0.15, 0.2) is 0 Å². The van der Waals surface area contributed by atoms with E-state index in [2.05, 4.69) is 176 Å². The molecule has 2 aromatic heterocycles. The molecule has 12 rings (SSSR count). The molecule has 0 saturated carbocycles. The number of rotatable bonds is 4. The molecule has 0 N–H and O–H groups in total. The van der Waals surface area contributed by atoms with Gasteiger partial charge in [0.2, 0.25) is 0 Å². The summed E-state index contributed by atoms with van der Waals surface area (Å²) in [5, 5.41) is 11.8. The quantitative estimate of drug-likeness (QED) is 0.170. The number of hydrogen-bond donors (Lipinski definition) is 0. The van der Waals surface area contributed by atoms with Crippen LogP contribution in [0.4, 0.5) is 0 Å². The van der Waals surface area contributed by atoms with E-state index in [4.69, 9.17) is 8.83 Å². The van der Waals surface area contributed by atoms with Gasteiger partial charge in [0.1, 0.15) is 22.3 Å². The first kappa shape index (κ1) is 31.0. The normalized spacial score (nSPS) is 11.9. The highest BCUT2D eigenvalue weighted by Crippen LogP contribution is 2.51. The van der Waals surface area contributed by atoms with Crippen LogP contribution in [0.5, 0.6) is 0 Å². The van der Waals surface area contributed by atoms with Gasteiger partial charge in [-0.3, -0.25) is 0 Å². The van der Waals surface area contributed by atoms with Crippen molar-refractivity contribution in [2.45, 2.75) is 0 Å². The molecule has 0 aliphatic heterocycles. The van der Waals surface area contributed by atoms with Gasteiger partial charge in [0.25, 0.3) is 0 Å². The fourth-order valence-corrected chi connectivity index (χ4v) is 9.19. The Hall–Kier alpha value is -7.42. The molecule has 2 heteroatoms. The highest BCUT2D eigenvalue weighted by molar-refractivity contribution is 6.25. The molecule has 0 unspecified atom stereocenters. The summed E-state index contributed by atoms with van der Waals surface area (Å²) in [6.07, 6.45) is 0. The van der Waals surface area contributed by atoms with Gasteiger partial charge in [-0.05, 0) is 102 Å². The molecular formula is C54H32O2. The Morgan fingerprint density at radius 2 is 0.768 bits per heavy atom. The average Bonchev–Trinajstić information content (AvgIpc) is 3.83. The molecule has 0 atom stereocenters. The van der Waals surface area contributed by atoms with E-state index in [1.54, 1.807) is 0 Å². The third-order valence-corrected chi connectivity index (χ3v) is 11.7. The van der Waals surface area contributed by atoms with Crippen molar-refractivity contribution in [1.82, 2.24) is 0 Å². The Kier molecular flexibility index (Phi) is 6.66. The maximum atomic E-state index is 6.74. The Morgan fingerprint density at radius 3 is 1.52 bits per heavy atom. The van der Waals surface area contributed by atoms with Crippen molar-refractivity contribution >= 4 is 76.2 Å². The summed E-state index contributed by atoms with van der Waals surface area (Å²) in [5.41, 5.74) is 12.9. The van der Waals surface area contributed by atoms with E-state index in [9.17, 15) is 0 Å². The van der Waals surface area contributed by atoms with Crippen LogP contribution < -0.4 is 0 Å². The van der Waals surface area contributed by atoms with Crippen molar-refractivity contribution in [1.29, 1.82) is 0 Å². The zero-order valence-corrected chi connectivity index (χ0v) is 30.3. The lowest BCUT2D eigenvalue weighted by Gasteiger charge is -2.22. The molecule has 12 aromatic rings. The van der Waals surface area contributed by atoms with E-state index in [1.165, 1.54) is 54.6 Å². The number of furan rings is 2. The molecule has 0 aliphatic rings. The first-order chi connectivity index (χ1) is 27.8. The molecule has 0 spiro atoms. The van der Waals surface area contributed by atoms with Gasteiger partial charge in [-0.1, -0.05) is 164 Å². The topological polar surface area (TPSA) is 26.3 Å². The first-order valence-electron chi connectivity index (χ1n) is 19.2. The minimum atomic E-state index is 0.885. The summed E-state index contributed by atoms with van der Waals surface area (Å²) in [6, 6.07) is 70.0. The van der Waals surface area contributed by atoms with Gasteiger partial charge in [0, 0.05) is 27.1 Å². The predicted octanol–water partition coefficient (Wildman–Crippen LogP) is 15.6. The number of benzene rings is 10. The fourth-order valence-electron chi connectivity index (χ4n) is 9.19. The van der Waals surface area contributed by atoms with E-state index in [0.717, 1.165) is 66.1 Å². The van der Waals surface area contributed by atoms with Crippen LogP contribution in [0.1, 0.15) is 0 Å². The van der Waals surface area contributed by atoms with Crippen molar-refractivity contribution in [2.75, 3.05) is 0 Å². The van der Waals surface area contributed by atoms with Crippen molar-refractivity contribution in [3.05, 3.63) is 194 Å². The van der Waals surface area contributed by atoms with E-state index >= 15 is 0 Å². The lowest BCUT2D eigenvalue weighted by molar-refractivity contribution is 0.669. The standard InChI is InChI=1S/C54H32O2/c1-2-14-34-31-36(28-27-33(34)13-1)51-40-17-3-5-19-42(40)53(43-20-6-4-18-41(43)51)52-37(35-29-30-50-47(32-35)39-16-8-9-25-48(39)55-50)21-11-22-44(52)46-24-12-23-45-38-15-7-10-26-49(38)56-54(45)46/h1-32H. The van der Waals surface area contributed by atoms with Crippen LogP contribution in [0.25, 0.3) is 121 Å². The Morgan fingerprint density at radius 1 is 0.250 bits per heavy atom. The van der Waals surface area contributed by atoms with Gasteiger partial charge in [0.05, 0.1) is 0 Å². The summed E-state index contributed by atoms with van der Waals surface area (Å²) < 4.78 is 13.1. The molecule has 0 aliphatic carbocycles. The number of fused-ring (bicyclic) bond motifs is 9. The monoisotopic (exact) mass is 712 g/mol. The number of para-hydroxylation sites is 3. The third-order valence-electron chi connectivity index (χ3n) is 11.7. The Balaban J connectivity index is 1.23. The van der Waals surface area contributed by atoms with E-state index in [1.807, 2.05) is 18.2 Å². The summed E-state index contributed by atoms with van der Waals surface area (Å²) in [6.45, 7) is 0. The summed E-state index contributed by atoms with van der Waals surface area (Å²) in [4.78, 5) is 0. The van der Waals surface area contributed by atoms with Crippen LogP contribution in [0, 0.1) is 0 Å². The average molecular weight is 713 g/mol. The zero-order chi connectivity index (χ0) is 36.7. The van der Waals surface area contributed by atoms with E-state index < -0.39 is 0 Å². The molecule has 2 heterocycles. The van der Waals surface area contributed by atoms with Gasteiger partial charge in [-0.15, -0.1) is 0 Å². The van der Waals surface area contributed by atoms with Crippen LogP contribution in [0.3, 0.4) is 0 Å². The summed E-state index contributed by atoms with van der Waals surface area (Å²) in [5.74, 6) is 0. The molecule has 2 nitrogen and oxygen atoms in total. The smallest absolute Gasteiger partial charge is 0.143 e. The van der Waals surface area contributed by atoms with E-state index in [0.29, 0.717) is 0 Å². The maximum absolute atomic E-state index is 6.74. The maximum Gasteiger partial charge on any atom is 0.143 e. The molecule has 260 valence electrons. The van der Waals surface area contributed by atoms with Crippen molar-refractivity contribution in [3.63, 3.8) is 0 Å². The molecule has 0 amide bonds. The minimum Gasteiger partial charge on any atom is -0.456 e. The van der Waals surface area contributed by atoms with Crippen LogP contribution in [-0.2, 0) is 0 Å². The molecule has 0 saturated heterocycles. The molecule has 10 aromatic carbocycles. The Labute approximate surface area is 322 Å². The van der Waals surface area contributed by atoms with Crippen LogP contribution >= 0.6 is 0 Å². The first-order valence-corrected chi connectivity index (χ1v) is 19.2. The Bertz CT molecular complexity index is 3490. The van der Waals surface area contributed by atoms with Crippen molar-refractivity contribution in [3.8, 4) is 44.5 Å². The third kappa shape index (κ3) is 4.57. The summed E-state index contributed by atoms with van der Waals surface area (Å²) >= 11 is 0. The predicted molar refractivity (Wildman–Crippen MR) is 235 cm³/mol. The largest absolute Gasteiger partial charge is 0.456 e. The van der Waals surface area contributed by atoms with Crippen molar-refractivity contribution in [2.24, 2.45) is 0 Å². The van der Waals surface area contributed by atoms with Crippen LogP contribution in [-0.4, -0.2) is 0 Å². The van der Waals surface area contributed by atoms with Gasteiger partial charge < -0.3 is 8.83 Å². The molecule has 0 radical (unpaired) electrons. The van der Waals surface area contributed by atoms with Crippen LogP contribution in [0.2, 0.25) is 0 Å². The second-order valence-electron chi connectivity index (χ2n) is 14.7. The molecular weight excluding hydrogens is 681 g/mol. The van der Waals surface area contributed by atoms with Gasteiger partial charge in [-0.25, -0.2) is 0 Å². The van der Waals surface area contributed by atoms with E-state index in [-0.39, 0.29) is 0 Å². The summed E-state index contributed by atoms with van der Waals surface area (Å²) in [7, 11) is 0. The second-order valence-corrected chi connectivity index (χ2v) is 14.7. The molecule has 0 fully saturated rings. The van der Waals surface area contributed by atoms with Gasteiger partial charge in [-0.2, -0.15) is 0 Å². The number of hydrogen-bond acceptors (Lipinski definition) is 2. The second kappa shape index (κ2) is 12.0. The van der Waals surface area contributed by atoms with Gasteiger partial charge >= 0.3 is 0 Å². The highest BCUT2D eigenvalue weighted by atomic mass is 16.3. The zero-order valence-electron chi connectivity index (χ0n) is 30.3. The molecule has 0 bridgehead atoms. The van der Waals surface area contributed by atoms with Crippen molar-refractivity contribution < 1.29 is 8.83 Å². The lowest BCUT2D eigenvalue weighted by Crippen LogP contribution is -1.95. The molecule has 56 heavy (non-hydrogen) atoms. The highest BCUT2D eigenvalue weighted by Gasteiger charge is 2.24. The SMILES string of the molecule is c1cc(-c2ccc3oc4ccccc4c3c2)c(-c2c3ccccc3c(-c3ccc4ccccc4c3)c3ccccc23)c(-c2cccc3c2oc2ccccc23)c1. The lowest BCUT2D eigenvalue weighted by atomic mass is 9.80. The van der Waals surface area contributed by atoms with Crippen LogP contribution in [0.15, 0.2) is 203 Å². The fraction of sp³-hybridized carbons (Fsp3) is 0.